The number of rotatable bonds is 2. The third-order valence-electron chi connectivity index (χ3n) is 3.72. The van der Waals surface area contributed by atoms with Gasteiger partial charge in [-0.2, -0.15) is 0 Å². The van der Waals surface area contributed by atoms with Gasteiger partial charge in [-0.3, -0.25) is 0 Å². The van der Waals surface area contributed by atoms with Crippen LogP contribution in [0, 0.1) is 0 Å². The Balaban J connectivity index is 2.15. The molecule has 0 unspecified atom stereocenters. The zero-order valence-electron chi connectivity index (χ0n) is 10.3. The van der Waals surface area contributed by atoms with E-state index in [2.05, 4.69) is 0 Å². The van der Waals surface area contributed by atoms with Crippen molar-refractivity contribution in [2.45, 2.75) is 24.8 Å². The number of fused-ring (bicyclic) bond motifs is 1. The van der Waals surface area contributed by atoms with E-state index in [1.54, 1.807) is 7.11 Å². The molecule has 18 heavy (non-hydrogen) atoms. The van der Waals surface area contributed by atoms with Crippen molar-refractivity contribution in [3.8, 4) is 17.2 Å². The molecule has 1 fully saturated rings. The summed E-state index contributed by atoms with van der Waals surface area (Å²) in [7, 11) is 1.60. The SMILES string of the molecule is COc1c(C2(N)CCC2)cc2c(c1Cl)OCCO2. The average Bonchev–Trinajstić information content (AvgIpc) is 2.36. The third kappa shape index (κ3) is 1.63. The maximum Gasteiger partial charge on any atom is 0.183 e. The van der Waals surface area contributed by atoms with E-state index in [4.69, 9.17) is 31.5 Å². The van der Waals surface area contributed by atoms with Crippen molar-refractivity contribution in [2.75, 3.05) is 20.3 Å². The number of benzene rings is 1. The van der Waals surface area contributed by atoms with Gasteiger partial charge in [0.2, 0.25) is 0 Å². The lowest BCUT2D eigenvalue weighted by molar-refractivity contribution is 0.168. The molecule has 0 saturated heterocycles. The molecule has 98 valence electrons. The molecule has 0 spiro atoms. The van der Waals surface area contributed by atoms with Gasteiger partial charge in [0, 0.05) is 11.1 Å². The first-order valence-corrected chi connectivity index (χ1v) is 6.49. The van der Waals surface area contributed by atoms with Crippen molar-refractivity contribution in [1.29, 1.82) is 0 Å². The van der Waals surface area contributed by atoms with E-state index in [1.165, 1.54) is 0 Å². The molecule has 2 N–H and O–H groups in total. The molecule has 1 aromatic rings. The van der Waals surface area contributed by atoms with Crippen LogP contribution < -0.4 is 19.9 Å². The van der Waals surface area contributed by atoms with Crippen LogP contribution in [0.2, 0.25) is 5.02 Å². The van der Waals surface area contributed by atoms with Gasteiger partial charge in [-0.25, -0.2) is 0 Å². The zero-order valence-corrected chi connectivity index (χ0v) is 11.0. The molecular weight excluding hydrogens is 254 g/mol. The standard InChI is InChI=1S/C13H16ClNO3/c1-16-11-8(13(15)3-2-4-13)7-9-12(10(11)14)18-6-5-17-9/h7H,2-6,15H2,1H3. The molecule has 0 atom stereocenters. The molecule has 4 nitrogen and oxygen atoms in total. The van der Waals surface area contributed by atoms with Crippen molar-refractivity contribution in [3.63, 3.8) is 0 Å². The van der Waals surface area contributed by atoms with Crippen LogP contribution in [-0.4, -0.2) is 20.3 Å². The van der Waals surface area contributed by atoms with Gasteiger partial charge >= 0.3 is 0 Å². The second-order valence-electron chi connectivity index (χ2n) is 4.81. The summed E-state index contributed by atoms with van der Waals surface area (Å²) >= 11 is 6.33. The van der Waals surface area contributed by atoms with Crippen LogP contribution in [0.1, 0.15) is 24.8 Å². The predicted molar refractivity (Wildman–Crippen MR) is 68.7 cm³/mol. The van der Waals surface area contributed by atoms with Gasteiger partial charge < -0.3 is 19.9 Å². The van der Waals surface area contributed by atoms with E-state index < -0.39 is 0 Å². The van der Waals surface area contributed by atoms with Crippen molar-refractivity contribution in [3.05, 3.63) is 16.7 Å². The van der Waals surface area contributed by atoms with Gasteiger partial charge in [-0.05, 0) is 25.3 Å². The summed E-state index contributed by atoms with van der Waals surface area (Å²) in [5.41, 5.74) is 6.95. The zero-order chi connectivity index (χ0) is 12.8. The lowest BCUT2D eigenvalue weighted by Gasteiger charge is -2.40. The molecule has 0 bridgehead atoms. The van der Waals surface area contributed by atoms with Crippen LogP contribution in [-0.2, 0) is 5.54 Å². The number of hydrogen-bond donors (Lipinski definition) is 1. The minimum Gasteiger partial charge on any atom is -0.495 e. The Morgan fingerprint density at radius 1 is 1.33 bits per heavy atom. The first-order valence-electron chi connectivity index (χ1n) is 6.11. The van der Waals surface area contributed by atoms with Crippen LogP contribution >= 0.6 is 11.6 Å². The molecule has 0 aromatic heterocycles. The Bertz CT molecular complexity index is 486. The summed E-state index contributed by atoms with van der Waals surface area (Å²) in [6.45, 7) is 1.04. The fraction of sp³-hybridized carbons (Fsp3) is 0.538. The van der Waals surface area contributed by atoms with Crippen LogP contribution in [0.3, 0.4) is 0 Å². The van der Waals surface area contributed by atoms with E-state index in [9.17, 15) is 0 Å². The quantitative estimate of drug-likeness (QED) is 0.896. The molecule has 1 heterocycles. The van der Waals surface area contributed by atoms with Gasteiger partial charge in [0.1, 0.15) is 24.0 Å². The van der Waals surface area contributed by atoms with Crippen LogP contribution in [0.5, 0.6) is 17.2 Å². The molecule has 5 heteroatoms. The maximum absolute atomic E-state index is 6.37. The molecule has 1 aliphatic carbocycles. The minimum atomic E-state index is -0.342. The second kappa shape index (κ2) is 4.21. The van der Waals surface area contributed by atoms with Crippen LogP contribution in [0.4, 0.5) is 0 Å². The van der Waals surface area contributed by atoms with Gasteiger partial charge in [0.25, 0.3) is 0 Å². The molecule has 2 aliphatic rings. The Hall–Kier alpha value is -1.13. The number of ether oxygens (including phenoxy) is 3. The highest BCUT2D eigenvalue weighted by atomic mass is 35.5. The first-order chi connectivity index (χ1) is 8.65. The summed E-state index contributed by atoms with van der Waals surface area (Å²) in [4.78, 5) is 0. The summed E-state index contributed by atoms with van der Waals surface area (Å²) in [6.07, 6.45) is 3.02. The molecule has 0 amide bonds. The monoisotopic (exact) mass is 269 g/mol. The van der Waals surface area contributed by atoms with Crippen molar-refractivity contribution in [2.24, 2.45) is 5.73 Å². The van der Waals surface area contributed by atoms with E-state index in [-0.39, 0.29) is 5.54 Å². The summed E-state index contributed by atoms with van der Waals surface area (Å²) in [5, 5.41) is 0.460. The molecule has 1 aromatic carbocycles. The molecule has 1 aliphatic heterocycles. The molecule has 0 radical (unpaired) electrons. The average molecular weight is 270 g/mol. The highest BCUT2D eigenvalue weighted by Crippen LogP contribution is 2.51. The lowest BCUT2D eigenvalue weighted by Crippen LogP contribution is -2.43. The van der Waals surface area contributed by atoms with Crippen molar-refractivity contribution < 1.29 is 14.2 Å². The fourth-order valence-electron chi connectivity index (χ4n) is 2.53. The van der Waals surface area contributed by atoms with Gasteiger partial charge in [-0.15, -0.1) is 0 Å². The van der Waals surface area contributed by atoms with E-state index in [0.717, 1.165) is 24.8 Å². The van der Waals surface area contributed by atoms with E-state index in [1.807, 2.05) is 6.07 Å². The summed E-state index contributed by atoms with van der Waals surface area (Å²) < 4.78 is 16.5. The van der Waals surface area contributed by atoms with E-state index in [0.29, 0.717) is 35.5 Å². The van der Waals surface area contributed by atoms with Gasteiger partial charge in [-0.1, -0.05) is 11.6 Å². The number of methoxy groups -OCH3 is 1. The van der Waals surface area contributed by atoms with Crippen molar-refractivity contribution >= 4 is 11.6 Å². The predicted octanol–water partition coefficient (Wildman–Crippen LogP) is 2.46. The second-order valence-corrected chi connectivity index (χ2v) is 5.18. The summed E-state index contributed by atoms with van der Waals surface area (Å²) in [6, 6.07) is 1.92. The highest BCUT2D eigenvalue weighted by Gasteiger charge is 2.39. The fourth-order valence-corrected chi connectivity index (χ4v) is 2.85. The number of hydrogen-bond acceptors (Lipinski definition) is 4. The molecule has 3 rings (SSSR count). The lowest BCUT2D eigenvalue weighted by atomic mass is 9.72. The number of nitrogens with two attached hydrogens (primary N) is 1. The Morgan fingerprint density at radius 2 is 2.06 bits per heavy atom. The normalized spacial score (nSPS) is 20.2. The Kier molecular flexibility index (Phi) is 2.79. The minimum absolute atomic E-state index is 0.342. The summed E-state index contributed by atoms with van der Waals surface area (Å²) in [5.74, 6) is 1.84. The van der Waals surface area contributed by atoms with Crippen LogP contribution in [0.25, 0.3) is 0 Å². The van der Waals surface area contributed by atoms with Gasteiger partial charge in [0.05, 0.1) is 7.11 Å². The topological polar surface area (TPSA) is 53.7 Å². The molecular formula is C13H16ClNO3. The first kappa shape index (κ1) is 11.9. The van der Waals surface area contributed by atoms with Gasteiger partial charge in [0.15, 0.2) is 11.5 Å². The Labute approximate surface area is 111 Å². The third-order valence-corrected chi connectivity index (χ3v) is 4.06. The van der Waals surface area contributed by atoms with Crippen molar-refractivity contribution in [1.82, 2.24) is 0 Å². The smallest absolute Gasteiger partial charge is 0.183 e. The number of halogens is 1. The largest absolute Gasteiger partial charge is 0.495 e. The Morgan fingerprint density at radius 3 is 2.67 bits per heavy atom. The maximum atomic E-state index is 6.37. The van der Waals surface area contributed by atoms with Crippen LogP contribution in [0.15, 0.2) is 6.07 Å². The van der Waals surface area contributed by atoms with E-state index >= 15 is 0 Å². The molecule has 1 saturated carbocycles. The highest BCUT2D eigenvalue weighted by molar-refractivity contribution is 6.34.